The van der Waals surface area contributed by atoms with Crippen molar-refractivity contribution in [2.45, 2.75) is 26.1 Å². The van der Waals surface area contributed by atoms with Gasteiger partial charge in [0, 0.05) is 24.0 Å². The number of ether oxygens (including phenoxy) is 1. The molecule has 0 aliphatic carbocycles. The molecular formula is C22H22N2O2. The van der Waals surface area contributed by atoms with Crippen LogP contribution in [-0.2, 0) is 4.74 Å². The summed E-state index contributed by atoms with van der Waals surface area (Å²) in [5, 5.41) is 0.893. The summed E-state index contributed by atoms with van der Waals surface area (Å²) in [6.07, 6.45) is 0.0915. The highest BCUT2D eigenvalue weighted by Gasteiger charge is 2.28. The standard InChI is InChI=1S/C22H22N2O2/c1-15-13-24(14-16(2)26-15)22(25)19-12-21(17-8-4-3-5-9-17)23-20-11-7-6-10-18(19)20/h3-12,15-16H,13-14H2,1-2H3/t15-,16-/m0/s1. The Morgan fingerprint density at radius 2 is 1.65 bits per heavy atom. The molecule has 2 heterocycles. The Morgan fingerprint density at radius 3 is 2.38 bits per heavy atom. The number of pyridine rings is 1. The minimum absolute atomic E-state index is 0.0442. The summed E-state index contributed by atoms with van der Waals surface area (Å²) in [6.45, 7) is 5.24. The number of para-hydroxylation sites is 1. The van der Waals surface area contributed by atoms with Crippen LogP contribution in [-0.4, -0.2) is 41.1 Å². The zero-order valence-corrected chi connectivity index (χ0v) is 15.1. The maximum absolute atomic E-state index is 13.3. The molecule has 1 fully saturated rings. The first-order chi connectivity index (χ1) is 12.6. The van der Waals surface area contributed by atoms with Crippen molar-refractivity contribution in [2.24, 2.45) is 0 Å². The number of fused-ring (bicyclic) bond motifs is 1. The third-order valence-electron chi connectivity index (χ3n) is 4.72. The van der Waals surface area contributed by atoms with Gasteiger partial charge in [0.05, 0.1) is 29.0 Å². The number of carbonyl (C=O) groups excluding carboxylic acids is 1. The number of aromatic nitrogens is 1. The third kappa shape index (κ3) is 3.20. The lowest BCUT2D eigenvalue weighted by Crippen LogP contribution is -2.48. The van der Waals surface area contributed by atoms with Gasteiger partial charge in [0.2, 0.25) is 0 Å². The van der Waals surface area contributed by atoms with E-state index in [1.54, 1.807) is 0 Å². The molecule has 4 heteroatoms. The lowest BCUT2D eigenvalue weighted by molar-refractivity contribution is -0.0585. The topological polar surface area (TPSA) is 42.4 Å². The van der Waals surface area contributed by atoms with Gasteiger partial charge in [0.15, 0.2) is 0 Å². The molecule has 0 radical (unpaired) electrons. The van der Waals surface area contributed by atoms with Crippen molar-refractivity contribution in [3.63, 3.8) is 0 Å². The second-order valence-electron chi connectivity index (χ2n) is 6.91. The lowest BCUT2D eigenvalue weighted by atomic mass is 10.0. The molecule has 1 aliphatic heterocycles. The van der Waals surface area contributed by atoms with Gasteiger partial charge in [-0.3, -0.25) is 4.79 Å². The third-order valence-corrected chi connectivity index (χ3v) is 4.72. The van der Waals surface area contributed by atoms with E-state index in [1.807, 2.05) is 79.4 Å². The Kier molecular flexibility index (Phi) is 4.43. The van der Waals surface area contributed by atoms with E-state index >= 15 is 0 Å². The Labute approximate surface area is 153 Å². The molecule has 1 aromatic heterocycles. The molecule has 0 bridgehead atoms. The number of rotatable bonds is 2. The second-order valence-corrected chi connectivity index (χ2v) is 6.91. The van der Waals surface area contributed by atoms with Gasteiger partial charge in [-0.1, -0.05) is 48.5 Å². The smallest absolute Gasteiger partial charge is 0.254 e. The molecule has 2 aromatic carbocycles. The van der Waals surface area contributed by atoms with Crippen molar-refractivity contribution in [1.82, 2.24) is 9.88 Å². The lowest BCUT2D eigenvalue weighted by Gasteiger charge is -2.35. The minimum atomic E-state index is 0.0442. The van der Waals surface area contributed by atoms with E-state index in [9.17, 15) is 4.79 Å². The number of benzene rings is 2. The van der Waals surface area contributed by atoms with E-state index in [4.69, 9.17) is 9.72 Å². The molecule has 132 valence electrons. The van der Waals surface area contributed by atoms with Crippen LogP contribution in [0.25, 0.3) is 22.2 Å². The molecule has 2 atom stereocenters. The average Bonchev–Trinajstić information content (AvgIpc) is 2.66. The number of hydrogen-bond donors (Lipinski definition) is 0. The number of amides is 1. The van der Waals surface area contributed by atoms with E-state index in [0.717, 1.165) is 22.2 Å². The zero-order chi connectivity index (χ0) is 18.1. The van der Waals surface area contributed by atoms with Crippen molar-refractivity contribution in [3.8, 4) is 11.3 Å². The van der Waals surface area contributed by atoms with Crippen molar-refractivity contribution in [2.75, 3.05) is 13.1 Å². The molecule has 1 aliphatic rings. The Balaban J connectivity index is 1.81. The zero-order valence-electron chi connectivity index (χ0n) is 15.1. The van der Waals surface area contributed by atoms with E-state index in [0.29, 0.717) is 18.7 Å². The summed E-state index contributed by atoms with van der Waals surface area (Å²) in [6, 6.07) is 19.7. The van der Waals surface area contributed by atoms with E-state index in [-0.39, 0.29) is 18.1 Å². The summed E-state index contributed by atoms with van der Waals surface area (Å²) >= 11 is 0. The quantitative estimate of drug-likeness (QED) is 0.700. The van der Waals surface area contributed by atoms with Gasteiger partial charge in [-0.05, 0) is 26.0 Å². The van der Waals surface area contributed by atoms with Crippen LogP contribution in [0.3, 0.4) is 0 Å². The van der Waals surface area contributed by atoms with Crippen molar-refractivity contribution in [1.29, 1.82) is 0 Å². The fraction of sp³-hybridized carbons (Fsp3) is 0.273. The summed E-state index contributed by atoms with van der Waals surface area (Å²) in [4.78, 5) is 20.0. The van der Waals surface area contributed by atoms with Gasteiger partial charge in [0.25, 0.3) is 5.91 Å². The number of carbonyl (C=O) groups is 1. The van der Waals surface area contributed by atoms with Crippen molar-refractivity contribution >= 4 is 16.8 Å². The largest absolute Gasteiger partial charge is 0.372 e. The number of morpholine rings is 1. The fourth-order valence-corrected chi connectivity index (χ4v) is 3.62. The van der Waals surface area contributed by atoms with Crippen molar-refractivity contribution in [3.05, 3.63) is 66.2 Å². The van der Waals surface area contributed by atoms with E-state index in [1.165, 1.54) is 0 Å². The Hall–Kier alpha value is -2.72. The molecule has 3 aromatic rings. The molecule has 1 amide bonds. The average molecular weight is 346 g/mol. The van der Waals surface area contributed by atoms with Crippen LogP contribution in [0.5, 0.6) is 0 Å². The van der Waals surface area contributed by atoms with Gasteiger partial charge in [-0.25, -0.2) is 4.98 Å². The number of hydrogen-bond acceptors (Lipinski definition) is 3. The maximum atomic E-state index is 13.3. The summed E-state index contributed by atoms with van der Waals surface area (Å²) in [5.74, 6) is 0.0442. The first-order valence-electron chi connectivity index (χ1n) is 9.02. The first kappa shape index (κ1) is 16.7. The highest BCUT2D eigenvalue weighted by Crippen LogP contribution is 2.26. The van der Waals surface area contributed by atoms with Gasteiger partial charge in [-0.2, -0.15) is 0 Å². The molecule has 0 spiro atoms. The van der Waals surface area contributed by atoms with Crippen LogP contribution in [0.2, 0.25) is 0 Å². The first-order valence-corrected chi connectivity index (χ1v) is 9.02. The Morgan fingerprint density at radius 1 is 1.00 bits per heavy atom. The van der Waals surface area contributed by atoms with Crippen LogP contribution >= 0.6 is 0 Å². The summed E-state index contributed by atoms with van der Waals surface area (Å²) in [7, 11) is 0. The predicted octanol–water partition coefficient (Wildman–Crippen LogP) is 4.15. The molecule has 26 heavy (non-hydrogen) atoms. The van der Waals surface area contributed by atoms with Gasteiger partial charge in [0.1, 0.15) is 0 Å². The highest BCUT2D eigenvalue weighted by molar-refractivity contribution is 6.07. The van der Waals surface area contributed by atoms with E-state index < -0.39 is 0 Å². The molecule has 4 rings (SSSR count). The maximum Gasteiger partial charge on any atom is 0.254 e. The second kappa shape index (κ2) is 6.89. The summed E-state index contributed by atoms with van der Waals surface area (Å²) < 4.78 is 5.78. The monoisotopic (exact) mass is 346 g/mol. The van der Waals surface area contributed by atoms with Crippen molar-refractivity contribution < 1.29 is 9.53 Å². The molecule has 0 saturated carbocycles. The molecular weight excluding hydrogens is 324 g/mol. The Bertz CT molecular complexity index is 929. The minimum Gasteiger partial charge on any atom is -0.372 e. The molecule has 0 N–H and O–H groups in total. The van der Waals surface area contributed by atoms with Crippen LogP contribution in [0, 0.1) is 0 Å². The van der Waals surface area contributed by atoms with E-state index in [2.05, 4.69) is 0 Å². The van der Waals surface area contributed by atoms with Crippen LogP contribution in [0.15, 0.2) is 60.7 Å². The van der Waals surface area contributed by atoms with Gasteiger partial charge in [-0.15, -0.1) is 0 Å². The normalized spacial score (nSPS) is 20.3. The fourth-order valence-electron chi connectivity index (χ4n) is 3.62. The molecule has 0 unspecified atom stereocenters. The number of nitrogens with zero attached hydrogens (tertiary/aromatic N) is 2. The van der Waals surface area contributed by atoms with Crippen LogP contribution in [0.1, 0.15) is 24.2 Å². The SMILES string of the molecule is C[C@H]1CN(C(=O)c2cc(-c3ccccc3)nc3ccccc23)C[C@H](C)O1. The molecule has 1 saturated heterocycles. The van der Waals surface area contributed by atoms with Crippen LogP contribution in [0.4, 0.5) is 0 Å². The van der Waals surface area contributed by atoms with Crippen LogP contribution < -0.4 is 0 Å². The highest BCUT2D eigenvalue weighted by atomic mass is 16.5. The predicted molar refractivity (Wildman–Crippen MR) is 103 cm³/mol. The molecule has 4 nitrogen and oxygen atoms in total. The summed E-state index contributed by atoms with van der Waals surface area (Å²) in [5.41, 5.74) is 3.38. The van der Waals surface area contributed by atoms with Gasteiger partial charge >= 0.3 is 0 Å². The van der Waals surface area contributed by atoms with Gasteiger partial charge < -0.3 is 9.64 Å².